The third-order valence-electron chi connectivity index (χ3n) is 18.4. The normalized spacial score (nSPS) is 22.7. The highest BCUT2D eigenvalue weighted by Crippen LogP contribution is 2.41. The van der Waals surface area contributed by atoms with Gasteiger partial charge in [-0.2, -0.15) is 0 Å². The first-order valence-electron chi connectivity index (χ1n) is 32.5. The topological polar surface area (TPSA) is 524 Å². The number of hydrogen-bond acceptors (Lipinski definition) is 16. The van der Waals surface area contributed by atoms with Crippen molar-refractivity contribution in [3.63, 3.8) is 0 Å². The second-order valence-corrected chi connectivity index (χ2v) is 25.5. The number of hydrogen-bond donors (Lipinski definition) is 15. The van der Waals surface area contributed by atoms with Gasteiger partial charge in [-0.1, -0.05) is 67.4 Å². The second-order valence-electron chi connectivity index (χ2n) is 25.5. The van der Waals surface area contributed by atoms with E-state index >= 15 is 9.59 Å². The number of nitrogens with two attached hydrogens (primary N) is 7. The van der Waals surface area contributed by atoms with Gasteiger partial charge in [0.05, 0.1) is 18.8 Å². The third kappa shape index (κ3) is 19.3. The lowest BCUT2D eigenvalue weighted by Gasteiger charge is -2.42. The lowest BCUT2D eigenvalue weighted by Crippen LogP contribution is -2.66. The highest BCUT2D eigenvalue weighted by Gasteiger charge is 2.52. The maximum atomic E-state index is 15.5. The van der Waals surface area contributed by atoms with Crippen LogP contribution in [0.15, 0.2) is 69.6 Å². The number of benzene rings is 2. The summed E-state index contributed by atoms with van der Waals surface area (Å²) in [5.74, 6) is -8.45. The van der Waals surface area contributed by atoms with Gasteiger partial charge < -0.3 is 102 Å². The fourth-order valence-electron chi connectivity index (χ4n) is 13.5. The van der Waals surface area contributed by atoms with Crippen LogP contribution in [-0.2, 0) is 67.3 Å². The number of likely N-dealkylation sites (tertiary alicyclic amines) is 3. The molecule has 0 aromatic heterocycles. The van der Waals surface area contributed by atoms with Crippen molar-refractivity contribution in [3.05, 3.63) is 71.3 Å². The molecule has 4 aliphatic heterocycles. The molecule has 9 amide bonds. The maximum Gasteiger partial charge on any atom is 0.326 e. The van der Waals surface area contributed by atoms with Gasteiger partial charge in [-0.15, -0.1) is 0 Å². The van der Waals surface area contributed by atoms with Gasteiger partial charge in [0.1, 0.15) is 53.9 Å². The van der Waals surface area contributed by atoms with Crippen LogP contribution in [0.25, 0.3) is 0 Å². The fourth-order valence-corrected chi connectivity index (χ4v) is 13.5. The molecule has 520 valence electrons. The van der Waals surface area contributed by atoms with E-state index in [2.05, 4.69) is 41.6 Å². The Morgan fingerprint density at radius 1 is 0.621 bits per heavy atom. The summed E-state index contributed by atoms with van der Waals surface area (Å²) in [6, 6.07) is 3.92. The molecule has 4 fully saturated rings. The first-order chi connectivity index (χ1) is 45.2. The molecule has 7 rings (SSSR count). The fraction of sp³-hybridized carbons (Fsp3) is 0.603. The number of nitrogens with zero attached hydrogens (tertiary/aromatic N) is 7. The summed E-state index contributed by atoms with van der Waals surface area (Å²) in [6.07, 6.45) is 3.21. The van der Waals surface area contributed by atoms with Crippen LogP contribution in [-0.4, -0.2) is 223 Å². The summed E-state index contributed by atoms with van der Waals surface area (Å²) in [5.41, 5.74) is 39.0. The Bertz CT molecular complexity index is 3180. The van der Waals surface area contributed by atoms with Gasteiger partial charge in [0, 0.05) is 64.6 Å². The minimum atomic E-state index is -1.92. The number of aliphatic hydroxyl groups is 2. The molecule has 0 radical (unpaired) electrons. The van der Waals surface area contributed by atoms with E-state index in [4.69, 9.17) is 40.1 Å². The number of β-amino-alcohol motifs (C(OH)–C–C–N with tert-alkyl or cyclic N) is 1. The lowest BCUT2D eigenvalue weighted by molar-refractivity contribution is -0.154. The Balaban J connectivity index is 1.06. The third-order valence-corrected chi connectivity index (χ3v) is 18.4. The summed E-state index contributed by atoms with van der Waals surface area (Å²) in [4.78, 5) is 161. The number of carboxylic acid groups (broad SMARTS) is 1. The number of aliphatic hydroxyl groups excluding tert-OH is 2. The zero-order valence-corrected chi connectivity index (χ0v) is 54.0. The van der Waals surface area contributed by atoms with Gasteiger partial charge in [0.25, 0.3) is 0 Å². The maximum absolute atomic E-state index is 15.5. The van der Waals surface area contributed by atoms with Crippen LogP contribution in [0.2, 0.25) is 0 Å². The number of guanidine groups is 3. The summed E-state index contributed by atoms with van der Waals surface area (Å²) < 4.78 is 0. The molecule has 22 N–H and O–H groups in total. The van der Waals surface area contributed by atoms with Crippen LogP contribution in [0.5, 0.6) is 0 Å². The Kier molecular flexibility index (Phi) is 26.0. The number of fused-ring (bicyclic) bond motifs is 2. The van der Waals surface area contributed by atoms with Gasteiger partial charge in [-0.25, -0.2) is 4.79 Å². The van der Waals surface area contributed by atoms with E-state index in [1.807, 2.05) is 6.07 Å². The quantitative estimate of drug-likeness (QED) is 0.0200. The number of carbonyl (C=O) groups is 10. The van der Waals surface area contributed by atoms with Crippen molar-refractivity contribution in [3.8, 4) is 0 Å². The van der Waals surface area contributed by atoms with Crippen molar-refractivity contribution in [2.75, 3.05) is 39.3 Å². The van der Waals surface area contributed by atoms with Gasteiger partial charge >= 0.3 is 5.97 Å². The van der Waals surface area contributed by atoms with Crippen LogP contribution in [0.1, 0.15) is 120 Å². The molecule has 2 aromatic carbocycles. The van der Waals surface area contributed by atoms with E-state index in [1.165, 1.54) is 28.5 Å². The van der Waals surface area contributed by atoms with Crippen molar-refractivity contribution >= 4 is 77.0 Å². The van der Waals surface area contributed by atoms with E-state index in [0.717, 1.165) is 23.3 Å². The summed E-state index contributed by atoms with van der Waals surface area (Å²) in [6.45, 7) is 1.94. The molecule has 13 atom stereocenters. The summed E-state index contributed by atoms with van der Waals surface area (Å²) in [7, 11) is 0. The summed E-state index contributed by atoms with van der Waals surface area (Å²) in [5, 5.41) is 45.6. The molecule has 1 saturated carbocycles. The molecule has 1 aliphatic carbocycles. The van der Waals surface area contributed by atoms with E-state index in [-0.39, 0.29) is 127 Å². The van der Waals surface area contributed by atoms with Gasteiger partial charge in [0.2, 0.25) is 53.2 Å². The van der Waals surface area contributed by atoms with Gasteiger partial charge in [0.15, 0.2) is 17.9 Å². The molecule has 0 bridgehead atoms. The molecule has 5 aliphatic rings. The Labute approximate surface area is 551 Å². The smallest absolute Gasteiger partial charge is 0.326 e. The van der Waals surface area contributed by atoms with Crippen molar-refractivity contribution in [2.45, 2.75) is 195 Å². The molecule has 0 unspecified atom stereocenters. The molecular formula is C63H95N19O13. The van der Waals surface area contributed by atoms with E-state index < -0.39 is 138 Å². The molecule has 32 heteroatoms. The van der Waals surface area contributed by atoms with E-state index in [0.29, 0.717) is 36.8 Å². The molecule has 4 heterocycles. The minimum Gasteiger partial charge on any atom is -0.480 e. The number of aliphatic imine (C=N–C) groups is 3. The molecular weight excluding hydrogens is 1230 g/mol. The van der Waals surface area contributed by atoms with Crippen LogP contribution in [0.4, 0.5) is 0 Å². The largest absolute Gasteiger partial charge is 0.480 e. The Morgan fingerprint density at radius 3 is 1.84 bits per heavy atom. The Morgan fingerprint density at radius 2 is 1.21 bits per heavy atom. The number of aliphatic carboxylic acids is 1. The number of amides is 9. The van der Waals surface area contributed by atoms with E-state index in [9.17, 15) is 53.7 Å². The van der Waals surface area contributed by atoms with Crippen molar-refractivity contribution < 1.29 is 63.3 Å². The van der Waals surface area contributed by atoms with Crippen molar-refractivity contribution in [2.24, 2.45) is 61.0 Å². The van der Waals surface area contributed by atoms with Crippen LogP contribution >= 0.6 is 0 Å². The van der Waals surface area contributed by atoms with Gasteiger partial charge in [-0.05, 0) is 107 Å². The number of nitrogens with one attached hydrogen (secondary N) is 5. The average Bonchev–Trinajstić information content (AvgIpc) is 1.74. The van der Waals surface area contributed by atoms with Crippen molar-refractivity contribution in [1.82, 2.24) is 46.2 Å². The minimum absolute atomic E-state index is 0.0000555. The predicted octanol–water partition coefficient (Wildman–Crippen LogP) is -4.31. The Hall–Kier alpha value is -9.17. The van der Waals surface area contributed by atoms with Crippen LogP contribution < -0.4 is 66.7 Å². The first-order valence-corrected chi connectivity index (χ1v) is 32.5. The summed E-state index contributed by atoms with van der Waals surface area (Å²) >= 11 is 0. The molecule has 32 nitrogen and oxygen atoms in total. The number of rotatable bonds is 30. The number of carboxylic acids is 1. The zero-order valence-electron chi connectivity index (χ0n) is 54.0. The second kappa shape index (κ2) is 33.8. The first kappa shape index (κ1) is 73.2. The average molecular weight is 1330 g/mol. The number of carbonyl (C=O) groups excluding carboxylic acids is 9. The highest BCUT2D eigenvalue weighted by molar-refractivity contribution is 6.00. The SMILES string of the molecule is C[C@H](NC(=O)[C@@H]1C[C@@H](O)CN1C(=O)[C@@H]1CCCN1C(=O)[C@H](CCCN=C(N)N)NC(=O)[C@H](N)CCCN=C(N)N)C(=O)N[C@@](C)(Cc1ccccc1)C(=O)N[C@@H](CO)C(=O)N1Cc2ccccc2C[C@@H]1C(=O)N1[C@H](C(=O)N[C@@H](CCCN=C(N)N)C(=O)O)C[C@@H]2CCCC[C@@H]21. The predicted molar refractivity (Wildman–Crippen MR) is 349 cm³/mol. The monoisotopic (exact) mass is 1330 g/mol. The molecule has 0 spiro atoms. The zero-order chi connectivity index (χ0) is 69.3. The molecule has 3 saturated heterocycles. The van der Waals surface area contributed by atoms with Crippen LogP contribution in [0.3, 0.4) is 0 Å². The molecule has 95 heavy (non-hydrogen) atoms. The van der Waals surface area contributed by atoms with Crippen molar-refractivity contribution in [1.29, 1.82) is 0 Å². The molecule has 2 aromatic rings. The van der Waals surface area contributed by atoms with Gasteiger partial charge in [-0.3, -0.25) is 58.1 Å². The van der Waals surface area contributed by atoms with Crippen LogP contribution in [0, 0.1) is 5.92 Å². The van der Waals surface area contributed by atoms with E-state index in [1.54, 1.807) is 48.5 Å². The lowest BCUT2D eigenvalue weighted by atomic mass is 9.84. The standard InChI is InChI=1S/C63H95N19O13/c1-35(74-52(87)47-30-40(84)33-81(47)56(91)46-23-13-27-79(46)54(89)42(20-11-25-72-61(67)68)75-51(86)41(64)19-10-24-71-60(65)66)50(85)78-63(2,31-36-14-4-3-5-15-36)59(95)77-44(34-83)55(90)80-32-39-18-7-6-16-37(39)28-49(80)57(92)82-45-22-9-8-17-38(45)29-48(82)53(88)76-43(58(93)94)21-12-26-73-62(69)70/h3-7,14-16,18,35,38,40-49,83-84H,8-13,17,19-34,64H2,1-2H3,(H,74,87)(H,75,86)(H,76,88)(H,77,95)(H,78,85)(H,93,94)(H4,65,66,71)(H4,67,68,72)(H4,69,70,73)/t35-,38-,40+,41+,42-,43-,44-,45-,46-,47-,48-,49+,63-/m0/s1. The highest BCUT2D eigenvalue weighted by atomic mass is 16.4.